The molecule has 0 bridgehead atoms. The van der Waals surface area contributed by atoms with Crippen LogP contribution in [0.3, 0.4) is 0 Å². The molecule has 1 aromatic carbocycles. The summed E-state index contributed by atoms with van der Waals surface area (Å²) in [4.78, 5) is 16.5. The van der Waals surface area contributed by atoms with Gasteiger partial charge in [-0.05, 0) is 23.5 Å². The molecule has 0 unspecified atom stereocenters. The number of Topliss-reactive ketones (excluding diaryl/α,β-unsaturated/α-hetero) is 1. The minimum absolute atomic E-state index is 0.145. The zero-order chi connectivity index (χ0) is 14.4. The third-order valence-corrected chi connectivity index (χ3v) is 4.78. The predicted molar refractivity (Wildman–Crippen MR) is 84.8 cm³/mol. The van der Waals surface area contributed by atoms with E-state index in [1.54, 1.807) is 0 Å². The fraction of sp³-hybridized carbons (Fsp3) is 0.400. The second kappa shape index (κ2) is 7.55. The standard InChI is InChI=1S/C15H18N2OS2/c1-3-5-11-6-8-12(9-7-11)13(18)10-19-15-16-14(4-2)17-20-15/h6-9H,3-5,10H2,1-2H3. The van der Waals surface area contributed by atoms with E-state index in [4.69, 9.17) is 0 Å². The molecule has 3 nitrogen and oxygen atoms in total. The number of benzene rings is 1. The first-order valence-corrected chi connectivity index (χ1v) is 8.56. The van der Waals surface area contributed by atoms with Crippen LogP contribution in [0.1, 0.15) is 42.0 Å². The second-order valence-electron chi connectivity index (χ2n) is 4.49. The van der Waals surface area contributed by atoms with Gasteiger partial charge in [0.15, 0.2) is 10.1 Å². The number of ketones is 1. The van der Waals surface area contributed by atoms with Gasteiger partial charge in [-0.15, -0.1) is 0 Å². The van der Waals surface area contributed by atoms with E-state index in [1.165, 1.54) is 28.9 Å². The Labute approximate surface area is 128 Å². The van der Waals surface area contributed by atoms with Crippen LogP contribution in [0.15, 0.2) is 28.6 Å². The number of carbonyl (C=O) groups excluding carboxylic acids is 1. The molecule has 0 spiro atoms. The van der Waals surface area contributed by atoms with Gasteiger partial charge in [0.25, 0.3) is 0 Å². The molecule has 1 aromatic heterocycles. The molecule has 5 heteroatoms. The van der Waals surface area contributed by atoms with Crippen LogP contribution in [0.5, 0.6) is 0 Å². The number of aromatic nitrogens is 2. The summed E-state index contributed by atoms with van der Waals surface area (Å²) in [5, 5.41) is 0. The van der Waals surface area contributed by atoms with E-state index in [0.29, 0.717) is 5.75 Å². The van der Waals surface area contributed by atoms with Crippen LogP contribution < -0.4 is 0 Å². The van der Waals surface area contributed by atoms with E-state index in [-0.39, 0.29) is 5.78 Å². The first kappa shape index (κ1) is 15.2. The van der Waals surface area contributed by atoms with Gasteiger partial charge >= 0.3 is 0 Å². The summed E-state index contributed by atoms with van der Waals surface area (Å²) in [5.74, 6) is 1.42. The summed E-state index contributed by atoms with van der Waals surface area (Å²) in [6.45, 7) is 4.18. The molecule has 0 radical (unpaired) electrons. The summed E-state index contributed by atoms with van der Waals surface area (Å²) < 4.78 is 5.09. The average Bonchev–Trinajstić information content (AvgIpc) is 2.94. The Balaban J connectivity index is 1.90. The highest BCUT2D eigenvalue weighted by atomic mass is 32.2. The van der Waals surface area contributed by atoms with Crippen molar-refractivity contribution in [1.82, 2.24) is 9.36 Å². The van der Waals surface area contributed by atoms with Crippen molar-refractivity contribution in [3.8, 4) is 0 Å². The van der Waals surface area contributed by atoms with Crippen LogP contribution in [0.4, 0.5) is 0 Å². The van der Waals surface area contributed by atoms with E-state index in [1.807, 2.05) is 31.2 Å². The molecule has 1 heterocycles. The Hall–Kier alpha value is -1.20. The molecule has 0 aliphatic carbocycles. The highest BCUT2D eigenvalue weighted by molar-refractivity contribution is 8.01. The van der Waals surface area contributed by atoms with Gasteiger partial charge < -0.3 is 0 Å². The second-order valence-corrected chi connectivity index (χ2v) is 6.46. The fourth-order valence-corrected chi connectivity index (χ4v) is 3.39. The number of rotatable bonds is 7. The van der Waals surface area contributed by atoms with Crippen LogP contribution in [0, 0.1) is 0 Å². The number of hydrogen-bond donors (Lipinski definition) is 0. The summed E-state index contributed by atoms with van der Waals surface area (Å²) >= 11 is 2.84. The summed E-state index contributed by atoms with van der Waals surface area (Å²) in [5.41, 5.74) is 2.06. The van der Waals surface area contributed by atoms with Crippen LogP contribution in [0.25, 0.3) is 0 Å². The van der Waals surface area contributed by atoms with Gasteiger partial charge in [-0.25, -0.2) is 4.98 Å². The van der Waals surface area contributed by atoms with Crippen molar-refractivity contribution >= 4 is 29.1 Å². The summed E-state index contributed by atoms with van der Waals surface area (Å²) in [6.07, 6.45) is 3.03. The zero-order valence-electron chi connectivity index (χ0n) is 11.8. The van der Waals surface area contributed by atoms with Gasteiger partial charge in [0.1, 0.15) is 5.82 Å². The number of carbonyl (C=O) groups is 1. The van der Waals surface area contributed by atoms with E-state index in [9.17, 15) is 4.79 Å². The lowest BCUT2D eigenvalue weighted by Gasteiger charge is -2.02. The molecule has 0 atom stereocenters. The van der Waals surface area contributed by atoms with E-state index >= 15 is 0 Å². The molecule has 106 valence electrons. The highest BCUT2D eigenvalue weighted by Crippen LogP contribution is 2.21. The minimum Gasteiger partial charge on any atom is -0.293 e. The lowest BCUT2D eigenvalue weighted by atomic mass is 10.1. The SMILES string of the molecule is CCCc1ccc(C(=O)CSc2nc(CC)ns2)cc1. The zero-order valence-corrected chi connectivity index (χ0v) is 13.4. The van der Waals surface area contributed by atoms with Gasteiger partial charge in [-0.1, -0.05) is 56.3 Å². The Bertz CT molecular complexity index is 564. The van der Waals surface area contributed by atoms with Gasteiger partial charge in [0.2, 0.25) is 0 Å². The Morgan fingerprint density at radius 2 is 2.00 bits per heavy atom. The van der Waals surface area contributed by atoms with Crippen molar-refractivity contribution in [2.24, 2.45) is 0 Å². The highest BCUT2D eigenvalue weighted by Gasteiger charge is 2.09. The molecule has 0 saturated heterocycles. The van der Waals surface area contributed by atoms with Crippen LogP contribution in [-0.2, 0) is 12.8 Å². The number of nitrogens with zero attached hydrogens (tertiary/aromatic N) is 2. The van der Waals surface area contributed by atoms with Crippen LogP contribution in [-0.4, -0.2) is 20.9 Å². The van der Waals surface area contributed by atoms with Crippen LogP contribution in [0.2, 0.25) is 0 Å². The Morgan fingerprint density at radius 1 is 1.25 bits per heavy atom. The fourth-order valence-electron chi connectivity index (χ4n) is 1.80. The van der Waals surface area contributed by atoms with Gasteiger partial charge in [0.05, 0.1) is 5.75 Å². The molecule has 2 rings (SSSR count). The van der Waals surface area contributed by atoms with Crippen molar-refractivity contribution in [2.75, 3.05) is 5.75 Å². The Kier molecular flexibility index (Phi) is 5.73. The molecule has 0 fully saturated rings. The topological polar surface area (TPSA) is 42.9 Å². The number of aryl methyl sites for hydroxylation is 2. The van der Waals surface area contributed by atoms with Gasteiger partial charge in [-0.2, -0.15) is 4.37 Å². The normalized spacial score (nSPS) is 10.7. The number of thioether (sulfide) groups is 1. The maximum Gasteiger partial charge on any atom is 0.173 e. The monoisotopic (exact) mass is 306 g/mol. The molecule has 0 aliphatic heterocycles. The lowest BCUT2D eigenvalue weighted by molar-refractivity contribution is 0.102. The lowest BCUT2D eigenvalue weighted by Crippen LogP contribution is -2.02. The number of hydrogen-bond acceptors (Lipinski definition) is 5. The molecule has 2 aromatic rings. The molecule has 0 N–H and O–H groups in total. The van der Waals surface area contributed by atoms with Crippen molar-refractivity contribution in [3.05, 3.63) is 41.2 Å². The third kappa shape index (κ3) is 4.15. The summed E-state index contributed by atoms with van der Waals surface area (Å²) in [6, 6.07) is 7.93. The molecular formula is C15H18N2OS2. The Morgan fingerprint density at radius 3 is 2.60 bits per heavy atom. The summed E-state index contributed by atoms with van der Waals surface area (Å²) in [7, 11) is 0. The van der Waals surface area contributed by atoms with Crippen molar-refractivity contribution < 1.29 is 4.79 Å². The molecule has 0 amide bonds. The maximum atomic E-state index is 12.1. The first-order valence-electron chi connectivity index (χ1n) is 6.80. The van der Waals surface area contributed by atoms with Gasteiger partial charge in [0, 0.05) is 12.0 Å². The molecule has 0 saturated carbocycles. The van der Waals surface area contributed by atoms with E-state index in [0.717, 1.165) is 35.0 Å². The smallest absolute Gasteiger partial charge is 0.173 e. The third-order valence-electron chi connectivity index (χ3n) is 2.91. The average molecular weight is 306 g/mol. The molecule has 20 heavy (non-hydrogen) atoms. The van der Waals surface area contributed by atoms with Crippen molar-refractivity contribution in [1.29, 1.82) is 0 Å². The van der Waals surface area contributed by atoms with Gasteiger partial charge in [-0.3, -0.25) is 4.79 Å². The van der Waals surface area contributed by atoms with Crippen molar-refractivity contribution in [2.45, 2.75) is 37.4 Å². The quantitative estimate of drug-likeness (QED) is 0.572. The maximum absolute atomic E-state index is 12.1. The molecular weight excluding hydrogens is 288 g/mol. The van der Waals surface area contributed by atoms with Crippen LogP contribution >= 0.6 is 23.3 Å². The van der Waals surface area contributed by atoms with Crippen molar-refractivity contribution in [3.63, 3.8) is 0 Å². The minimum atomic E-state index is 0.145. The first-order chi connectivity index (χ1) is 9.72. The molecule has 0 aliphatic rings. The predicted octanol–water partition coefficient (Wildman–Crippen LogP) is 4.03. The van der Waals surface area contributed by atoms with E-state index in [2.05, 4.69) is 16.3 Å². The largest absolute Gasteiger partial charge is 0.293 e. The van der Waals surface area contributed by atoms with E-state index < -0.39 is 0 Å².